The molecule has 13 aromatic rings. The van der Waals surface area contributed by atoms with E-state index in [4.69, 9.17) is 0 Å². The fraction of sp³-hybridized carbons (Fsp3) is 0.0127. The van der Waals surface area contributed by atoms with Gasteiger partial charge in [-0.25, -0.2) is 0 Å². The van der Waals surface area contributed by atoms with Gasteiger partial charge in [0, 0.05) is 34.1 Å². The van der Waals surface area contributed by atoms with E-state index in [0.29, 0.717) is 0 Å². The molecule has 0 amide bonds. The van der Waals surface area contributed by atoms with Gasteiger partial charge in [-0.1, -0.05) is 261 Å². The summed E-state index contributed by atoms with van der Waals surface area (Å²) in [6.45, 7) is 0. The van der Waals surface area contributed by atoms with Crippen LogP contribution in [0, 0.1) is 0 Å². The maximum atomic E-state index is 2.44. The minimum atomic E-state index is -0.563. The Morgan fingerprint density at radius 1 is 0.173 bits per heavy atom. The van der Waals surface area contributed by atoms with E-state index >= 15 is 0 Å². The van der Waals surface area contributed by atoms with Gasteiger partial charge in [-0.05, 0) is 167 Å². The molecule has 0 fully saturated rings. The number of anilines is 6. The molecule has 2 heteroatoms. The lowest BCUT2D eigenvalue weighted by atomic mass is 9.68. The average molecular weight is 1030 g/mol. The molecule has 1 spiro atoms. The van der Waals surface area contributed by atoms with Gasteiger partial charge in [0.2, 0.25) is 0 Å². The van der Waals surface area contributed by atoms with Crippen molar-refractivity contribution in [1.82, 2.24) is 0 Å². The molecule has 81 heavy (non-hydrogen) atoms. The Kier molecular flexibility index (Phi) is 11.8. The van der Waals surface area contributed by atoms with Crippen molar-refractivity contribution in [3.05, 3.63) is 350 Å². The van der Waals surface area contributed by atoms with Gasteiger partial charge in [0.15, 0.2) is 0 Å². The van der Waals surface area contributed by atoms with Gasteiger partial charge in [-0.15, -0.1) is 0 Å². The Morgan fingerprint density at radius 3 is 0.765 bits per heavy atom. The molecule has 0 bridgehead atoms. The SMILES string of the molecule is c1ccc(-c2ccc(N(c3ccc(-c4ccccc4)cc3)c3cc(-c4cccc5c4C4(c6ccccc6-c6ccccc64)c4ccccc4-5)cc(N(c4ccc(-c5ccccc5)cc4)c4ccc(-c5ccccc5)cc4)c3)cc2)cc1. The lowest BCUT2D eigenvalue weighted by molar-refractivity contribution is 0.796. The molecule has 380 valence electrons. The van der Waals surface area contributed by atoms with Crippen molar-refractivity contribution >= 4 is 34.1 Å². The van der Waals surface area contributed by atoms with Crippen molar-refractivity contribution in [2.24, 2.45) is 0 Å². The third-order valence-electron chi connectivity index (χ3n) is 16.7. The van der Waals surface area contributed by atoms with Crippen LogP contribution < -0.4 is 9.80 Å². The summed E-state index contributed by atoms with van der Waals surface area (Å²) in [5, 5.41) is 0. The maximum absolute atomic E-state index is 2.44. The first-order valence-corrected chi connectivity index (χ1v) is 28.0. The molecule has 0 unspecified atom stereocenters. The fourth-order valence-corrected chi connectivity index (χ4v) is 13.0. The molecule has 2 nitrogen and oxygen atoms in total. The van der Waals surface area contributed by atoms with Crippen LogP contribution in [0.5, 0.6) is 0 Å². The highest BCUT2D eigenvalue weighted by Gasteiger charge is 2.52. The van der Waals surface area contributed by atoms with Gasteiger partial charge < -0.3 is 9.80 Å². The number of hydrogen-bond acceptors (Lipinski definition) is 2. The smallest absolute Gasteiger partial charge is 0.0731 e. The van der Waals surface area contributed by atoms with Gasteiger partial charge in [0.25, 0.3) is 0 Å². The Balaban J connectivity index is 1.00. The van der Waals surface area contributed by atoms with E-state index in [9.17, 15) is 0 Å². The Hall–Kier alpha value is -10.5. The number of benzene rings is 13. The second-order valence-electron chi connectivity index (χ2n) is 21.2. The van der Waals surface area contributed by atoms with Crippen LogP contribution >= 0.6 is 0 Å². The van der Waals surface area contributed by atoms with Gasteiger partial charge in [0.1, 0.15) is 0 Å². The fourth-order valence-electron chi connectivity index (χ4n) is 13.0. The van der Waals surface area contributed by atoms with E-state index in [2.05, 4.69) is 337 Å². The summed E-state index contributed by atoms with van der Waals surface area (Å²) >= 11 is 0. The number of rotatable bonds is 11. The average Bonchev–Trinajstić information content (AvgIpc) is 1.95. The standard InChI is InChI=1S/C79H54N2/c1-5-20-55(21-6-1)59-36-44-64(45-37-59)80(65-46-38-60(39-47-65)56-22-7-2-8-23-56)68-52-63(70-31-19-32-74-73-30-15-18-35-77(73)79(78(70)74)75-33-16-13-28-71(75)72-29-14-17-34-76(72)79)53-69(54-68)81(66-48-40-61(41-49-66)57-24-9-3-10-25-57)67-50-42-62(43-51-67)58-26-11-4-12-27-58/h1-54H. The molecule has 15 rings (SSSR count). The van der Waals surface area contributed by atoms with Crippen molar-refractivity contribution in [2.45, 2.75) is 5.41 Å². The second-order valence-corrected chi connectivity index (χ2v) is 21.2. The molecule has 0 atom stereocenters. The van der Waals surface area contributed by atoms with Crippen LogP contribution in [0.2, 0.25) is 0 Å². The van der Waals surface area contributed by atoms with Crippen molar-refractivity contribution in [2.75, 3.05) is 9.80 Å². The molecular formula is C79H54N2. The molecule has 2 aliphatic rings. The highest BCUT2D eigenvalue weighted by atomic mass is 15.2. The quantitative estimate of drug-likeness (QED) is 0.127. The highest BCUT2D eigenvalue weighted by Crippen LogP contribution is 2.64. The minimum Gasteiger partial charge on any atom is -0.310 e. The van der Waals surface area contributed by atoms with Crippen LogP contribution in [-0.2, 0) is 5.41 Å². The Morgan fingerprint density at radius 2 is 0.432 bits per heavy atom. The van der Waals surface area contributed by atoms with Crippen molar-refractivity contribution in [1.29, 1.82) is 0 Å². The van der Waals surface area contributed by atoms with Crippen LogP contribution in [0.4, 0.5) is 34.1 Å². The predicted molar refractivity (Wildman–Crippen MR) is 339 cm³/mol. The van der Waals surface area contributed by atoms with Gasteiger partial charge in [-0.2, -0.15) is 0 Å². The molecule has 0 aromatic heterocycles. The predicted octanol–water partition coefficient (Wildman–Crippen LogP) is 21.3. The lowest BCUT2D eigenvalue weighted by Gasteiger charge is -2.33. The number of nitrogens with zero attached hydrogens (tertiary/aromatic N) is 2. The second kappa shape index (κ2) is 20.0. The largest absolute Gasteiger partial charge is 0.310 e. The van der Waals surface area contributed by atoms with E-state index in [1.54, 1.807) is 0 Å². The van der Waals surface area contributed by atoms with Gasteiger partial charge in [-0.3, -0.25) is 0 Å². The molecule has 0 N–H and O–H groups in total. The first kappa shape index (κ1) is 47.7. The topological polar surface area (TPSA) is 6.48 Å². The first-order chi connectivity index (χ1) is 40.2. The number of fused-ring (bicyclic) bond motifs is 10. The van der Waals surface area contributed by atoms with Crippen molar-refractivity contribution in [3.8, 4) is 77.9 Å². The minimum absolute atomic E-state index is 0.563. The van der Waals surface area contributed by atoms with E-state index < -0.39 is 5.41 Å². The zero-order valence-electron chi connectivity index (χ0n) is 44.6. The Labute approximate surface area is 474 Å². The van der Waals surface area contributed by atoms with Crippen molar-refractivity contribution < 1.29 is 0 Å². The van der Waals surface area contributed by atoms with E-state index in [1.165, 1.54) is 94.6 Å². The normalized spacial score (nSPS) is 12.3. The Bertz CT molecular complexity index is 3980. The molecule has 13 aromatic carbocycles. The summed E-state index contributed by atoms with van der Waals surface area (Å²) in [4.78, 5) is 4.89. The molecule has 0 radical (unpaired) electrons. The molecule has 0 saturated heterocycles. The lowest BCUT2D eigenvalue weighted by Crippen LogP contribution is -2.26. The maximum Gasteiger partial charge on any atom is 0.0731 e. The summed E-state index contributed by atoms with van der Waals surface area (Å²) in [7, 11) is 0. The van der Waals surface area contributed by atoms with E-state index in [0.717, 1.165) is 39.7 Å². The summed E-state index contributed by atoms with van der Waals surface area (Å²) in [5.74, 6) is 0. The summed E-state index contributed by atoms with van der Waals surface area (Å²) in [5.41, 5.74) is 27.8. The number of hydrogen-bond donors (Lipinski definition) is 0. The first-order valence-electron chi connectivity index (χ1n) is 28.0. The molecule has 0 aliphatic heterocycles. The third-order valence-corrected chi connectivity index (χ3v) is 16.7. The van der Waals surface area contributed by atoms with Crippen LogP contribution in [0.3, 0.4) is 0 Å². The van der Waals surface area contributed by atoms with Gasteiger partial charge in [0.05, 0.1) is 5.41 Å². The molecule has 0 heterocycles. The third kappa shape index (κ3) is 8.19. The highest BCUT2D eigenvalue weighted by molar-refractivity contribution is 6.00. The molecule has 2 aliphatic carbocycles. The van der Waals surface area contributed by atoms with Crippen LogP contribution in [0.15, 0.2) is 328 Å². The summed E-state index contributed by atoms with van der Waals surface area (Å²) < 4.78 is 0. The zero-order valence-corrected chi connectivity index (χ0v) is 44.6. The van der Waals surface area contributed by atoms with E-state index in [1.807, 2.05) is 0 Å². The zero-order chi connectivity index (χ0) is 53.7. The molecule has 0 saturated carbocycles. The monoisotopic (exact) mass is 1030 g/mol. The van der Waals surface area contributed by atoms with Crippen LogP contribution in [-0.4, -0.2) is 0 Å². The summed E-state index contributed by atoms with van der Waals surface area (Å²) in [6, 6.07) is 121. The summed E-state index contributed by atoms with van der Waals surface area (Å²) in [6.07, 6.45) is 0. The molecular weight excluding hydrogens is 977 g/mol. The van der Waals surface area contributed by atoms with Crippen molar-refractivity contribution in [3.63, 3.8) is 0 Å². The van der Waals surface area contributed by atoms with E-state index in [-0.39, 0.29) is 0 Å². The van der Waals surface area contributed by atoms with Crippen LogP contribution in [0.1, 0.15) is 22.3 Å². The van der Waals surface area contributed by atoms with Crippen LogP contribution in [0.25, 0.3) is 77.9 Å². The van der Waals surface area contributed by atoms with Gasteiger partial charge >= 0.3 is 0 Å².